The summed E-state index contributed by atoms with van der Waals surface area (Å²) in [7, 11) is 0. The standard InChI is InChI=1S/C15H27N3S/c1-6-9-16-11(2)13-12(3)17-14(19-13)18-10-7-8-15(18,4)5/h11,16H,6-10H2,1-5H3. The number of aryl methyl sites for hydroxylation is 1. The third kappa shape index (κ3) is 3.11. The first-order chi connectivity index (χ1) is 8.95. The van der Waals surface area contributed by atoms with Gasteiger partial charge < -0.3 is 10.2 Å². The van der Waals surface area contributed by atoms with Gasteiger partial charge in [-0.3, -0.25) is 0 Å². The minimum atomic E-state index is 0.266. The molecule has 1 aromatic rings. The molecule has 2 rings (SSSR count). The molecule has 19 heavy (non-hydrogen) atoms. The number of aromatic nitrogens is 1. The number of nitrogens with one attached hydrogen (secondary N) is 1. The van der Waals surface area contributed by atoms with Gasteiger partial charge in [0.1, 0.15) is 0 Å². The molecule has 1 unspecified atom stereocenters. The monoisotopic (exact) mass is 281 g/mol. The van der Waals surface area contributed by atoms with Crippen molar-refractivity contribution in [1.29, 1.82) is 0 Å². The van der Waals surface area contributed by atoms with E-state index in [0.29, 0.717) is 6.04 Å². The summed E-state index contributed by atoms with van der Waals surface area (Å²) >= 11 is 1.87. The van der Waals surface area contributed by atoms with E-state index in [0.717, 1.165) is 13.1 Å². The van der Waals surface area contributed by atoms with Gasteiger partial charge in [0.2, 0.25) is 0 Å². The van der Waals surface area contributed by atoms with Crippen LogP contribution in [0.15, 0.2) is 0 Å². The molecule has 0 radical (unpaired) electrons. The normalized spacial score (nSPS) is 19.9. The third-order valence-electron chi connectivity index (χ3n) is 4.05. The Kier molecular flexibility index (Phi) is 4.51. The van der Waals surface area contributed by atoms with Crippen LogP contribution in [0.5, 0.6) is 0 Å². The minimum Gasteiger partial charge on any atom is -0.343 e. The van der Waals surface area contributed by atoms with Crippen LogP contribution in [0.2, 0.25) is 0 Å². The van der Waals surface area contributed by atoms with Crippen molar-refractivity contribution < 1.29 is 0 Å². The Morgan fingerprint density at radius 3 is 2.79 bits per heavy atom. The molecule has 0 saturated carbocycles. The molecular weight excluding hydrogens is 254 g/mol. The van der Waals surface area contributed by atoms with E-state index in [1.165, 1.54) is 35.0 Å². The summed E-state index contributed by atoms with van der Waals surface area (Å²) in [6.45, 7) is 13.5. The van der Waals surface area contributed by atoms with Gasteiger partial charge in [-0.05, 0) is 53.5 Å². The van der Waals surface area contributed by atoms with Gasteiger partial charge in [-0.2, -0.15) is 0 Å². The van der Waals surface area contributed by atoms with E-state index in [1.807, 2.05) is 11.3 Å². The zero-order chi connectivity index (χ0) is 14.0. The van der Waals surface area contributed by atoms with E-state index in [1.54, 1.807) is 0 Å². The fourth-order valence-corrected chi connectivity index (χ4v) is 4.11. The van der Waals surface area contributed by atoms with Crippen LogP contribution in [0.4, 0.5) is 5.13 Å². The van der Waals surface area contributed by atoms with Crippen LogP contribution in [-0.2, 0) is 0 Å². The van der Waals surface area contributed by atoms with Crippen LogP contribution in [0.3, 0.4) is 0 Å². The van der Waals surface area contributed by atoms with Crippen molar-refractivity contribution in [2.24, 2.45) is 0 Å². The van der Waals surface area contributed by atoms with Crippen molar-refractivity contribution in [3.05, 3.63) is 10.6 Å². The van der Waals surface area contributed by atoms with Crippen molar-refractivity contribution in [1.82, 2.24) is 10.3 Å². The maximum Gasteiger partial charge on any atom is 0.186 e. The van der Waals surface area contributed by atoms with E-state index in [4.69, 9.17) is 4.98 Å². The Labute approximate surface area is 121 Å². The Morgan fingerprint density at radius 2 is 2.21 bits per heavy atom. The smallest absolute Gasteiger partial charge is 0.186 e. The number of hydrogen-bond acceptors (Lipinski definition) is 4. The summed E-state index contributed by atoms with van der Waals surface area (Å²) in [5, 5.41) is 4.77. The molecular formula is C15H27N3S. The summed E-state index contributed by atoms with van der Waals surface area (Å²) < 4.78 is 0. The number of hydrogen-bond donors (Lipinski definition) is 1. The summed E-state index contributed by atoms with van der Waals surface area (Å²) in [6, 6.07) is 0.414. The molecule has 0 bridgehead atoms. The lowest BCUT2D eigenvalue weighted by atomic mass is 10.0. The van der Waals surface area contributed by atoms with Gasteiger partial charge in [-0.25, -0.2) is 4.98 Å². The van der Waals surface area contributed by atoms with Gasteiger partial charge in [0.25, 0.3) is 0 Å². The molecule has 0 amide bonds. The zero-order valence-corrected chi connectivity index (χ0v) is 13.7. The molecule has 2 heterocycles. The van der Waals surface area contributed by atoms with Crippen molar-refractivity contribution in [3.63, 3.8) is 0 Å². The molecule has 1 saturated heterocycles. The lowest BCUT2D eigenvalue weighted by molar-refractivity contribution is 0.517. The molecule has 0 spiro atoms. The molecule has 1 aromatic heterocycles. The van der Waals surface area contributed by atoms with Crippen molar-refractivity contribution in [3.8, 4) is 0 Å². The molecule has 3 nitrogen and oxygen atoms in total. The van der Waals surface area contributed by atoms with Crippen LogP contribution in [-0.4, -0.2) is 23.6 Å². The minimum absolute atomic E-state index is 0.266. The Morgan fingerprint density at radius 1 is 1.47 bits per heavy atom. The topological polar surface area (TPSA) is 28.2 Å². The average molecular weight is 281 g/mol. The van der Waals surface area contributed by atoms with Crippen LogP contribution >= 0.6 is 11.3 Å². The molecule has 1 atom stereocenters. The SMILES string of the molecule is CCCNC(C)c1sc(N2CCCC2(C)C)nc1C. The highest BCUT2D eigenvalue weighted by molar-refractivity contribution is 7.15. The second-order valence-electron chi connectivity index (χ2n) is 6.19. The van der Waals surface area contributed by atoms with E-state index in [2.05, 4.69) is 44.8 Å². The second kappa shape index (κ2) is 5.80. The van der Waals surface area contributed by atoms with Gasteiger partial charge in [0.15, 0.2) is 5.13 Å². The van der Waals surface area contributed by atoms with Gasteiger partial charge in [-0.15, -0.1) is 0 Å². The highest BCUT2D eigenvalue weighted by atomic mass is 32.1. The largest absolute Gasteiger partial charge is 0.343 e. The Bertz CT molecular complexity index is 425. The van der Waals surface area contributed by atoms with Gasteiger partial charge in [0.05, 0.1) is 5.69 Å². The lowest BCUT2D eigenvalue weighted by Crippen LogP contribution is -2.38. The predicted molar refractivity (Wildman–Crippen MR) is 84.2 cm³/mol. The molecule has 0 aromatic carbocycles. The molecule has 108 valence electrons. The van der Waals surface area contributed by atoms with Crippen LogP contribution < -0.4 is 10.2 Å². The molecule has 1 fully saturated rings. The quantitative estimate of drug-likeness (QED) is 0.887. The van der Waals surface area contributed by atoms with Crippen LogP contribution in [0.25, 0.3) is 0 Å². The number of rotatable bonds is 5. The summed E-state index contributed by atoms with van der Waals surface area (Å²) in [5.74, 6) is 0. The summed E-state index contributed by atoms with van der Waals surface area (Å²) in [4.78, 5) is 8.70. The Hall–Kier alpha value is -0.610. The van der Waals surface area contributed by atoms with E-state index in [9.17, 15) is 0 Å². The molecule has 4 heteroatoms. The maximum absolute atomic E-state index is 4.82. The predicted octanol–water partition coefficient (Wildman–Crippen LogP) is 3.89. The van der Waals surface area contributed by atoms with Crippen LogP contribution in [0.1, 0.15) is 63.6 Å². The number of nitrogens with zero attached hydrogens (tertiary/aromatic N) is 2. The van der Waals surface area contributed by atoms with E-state index in [-0.39, 0.29) is 5.54 Å². The first-order valence-electron chi connectivity index (χ1n) is 7.44. The van der Waals surface area contributed by atoms with Gasteiger partial charge in [-0.1, -0.05) is 18.3 Å². The second-order valence-corrected chi connectivity index (χ2v) is 7.20. The van der Waals surface area contributed by atoms with Gasteiger partial charge >= 0.3 is 0 Å². The summed E-state index contributed by atoms with van der Waals surface area (Å²) in [6.07, 6.45) is 3.73. The molecule has 1 aliphatic heterocycles. The maximum atomic E-state index is 4.82. The van der Waals surface area contributed by atoms with E-state index >= 15 is 0 Å². The number of anilines is 1. The van der Waals surface area contributed by atoms with Gasteiger partial charge in [0, 0.05) is 23.0 Å². The molecule has 1 N–H and O–H groups in total. The molecule has 1 aliphatic rings. The fourth-order valence-electron chi connectivity index (χ4n) is 2.83. The Balaban J connectivity index is 2.16. The van der Waals surface area contributed by atoms with Crippen molar-refractivity contribution >= 4 is 16.5 Å². The molecule has 0 aliphatic carbocycles. The lowest BCUT2D eigenvalue weighted by Gasteiger charge is -2.31. The zero-order valence-electron chi connectivity index (χ0n) is 12.9. The van der Waals surface area contributed by atoms with Crippen molar-refractivity contribution in [2.45, 2.75) is 65.5 Å². The third-order valence-corrected chi connectivity index (χ3v) is 5.41. The highest BCUT2D eigenvalue weighted by Gasteiger charge is 2.34. The highest BCUT2D eigenvalue weighted by Crippen LogP contribution is 2.38. The van der Waals surface area contributed by atoms with E-state index < -0.39 is 0 Å². The average Bonchev–Trinajstić information content (AvgIpc) is 2.88. The first-order valence-corrected chi connectivity index (χ1v) is 8.25. The first kappa shape index (κ1) is 14.8. The summed E-state index contributed by atoms with van der Waals surface area (Å²) in [5.41, 5.74) is 1.46. The number of thiazole rings is 1. The van der Waals surface area contributed by atoms with Crippen molar-refractivity contribution in [2.75, 3.05) is 18.0 Å². The fraction of sp³-hybridized carbons (Fsp3) is 0.800. The van der Waals surface area contributed by atoms with Crippen LogP contribution in [0, 0.1) is 6.92 Å².